The molecule has 5 unspecified atom stereocenters. The minimum Gasteiger partial charge on any atom is -0.394 e. The average molecular weight is 523 g/mol. The van der Waals surface area contributed by atoms with Crippen molar-refractivity contribution in [2.45, 2.75) is 94.1 Å². The molecule has 2 amide bonds. The van der Waals surface area contributed by atoms with Crippen molar-refractivity contribution in [2.24, 2.45) is 0 Å². The van der Waals surface area contributed by atoms with Gasteiger partial charge in [0, 0.05) is 40.7 Å². The maximum Gasteiger partial charge on any atom is 0.219 e. The molecule has 2 aliphatic heterocycles. The van der Waals surface area contributed by atoms with Gasteiger partial charge in [-0.25, -0.2) is 0 Å². The van der Waals surface area contributed by atoms with E-state index in [4.69, 9.17) is 23.7 Å². The summed E-state index contributed by atoms with van der Waals surface area (Å²) in [6.07, 6.45) is -3.39. The first-order chi connectivity index (χ1) is 17.3. The minimum absolute atomic E-state index is 0.0995. The largest absolute Gasteiger partial charge is 0.394 e. The van der Waals surface area contributed by atoms with Gasteiger partial charge in [-0.15, -0.1) is 0 Å². The van der Waals surface area contributed by atoms with Crippen LogP contribution in [0, 0.1) is 0 Å². The summed E-state index contributed by atoms with van der Waals surface area (Å²) in [6.45, 7) is 1.27. The molecule has 0 bridgehead atoms. The number of carbonyl (C=O) groups excluding carboxylic acids is 2. The van der Waals surface area contributed by atoms with Crippen LogP contribution >= 0.6 is 0 Å². The summed E-state index contributed by atoms with van der Waals surface area (Å²) in [5, 5.41) is 44.4. The summed E-state index contributed by atoms with van der Waals surface area (Å²) in [5.74, 6) is -0.524. The molecule has 0 aliphatic carbocycles. The summed E-state index contributed by atoms with van der Waals surface area (Å²) < 4.78 is 27.8. The van der Waals surface area contributed by atoms with Gasteiger partial charge in [0.1, 0.15) is 42.7 Å². The third-order valence-corrected chi connectivity index (χ3v) is 6.45. The van der Waals surface area contributed by atoms with Crippen molar-refractivity contribution in [3.05, 3.63) is 0 Å². The second kappa shape index (κ2) is 15.7. The van der Waals surface area contributed by atoms with E-state index in [0.29, 0.717) is 38.6 Å². The number of hydrogen-bond acceptors (Lipinski definition) is 11. The van der Waals surface area contributed by atoms with Crippen LogP contribution in [0.4, 0.5) is 0 Å². The first-order valence-corrected chi connectivity index (χ1v) is 12.4. The Balaban J connectivity index is 1.64. The van der Waals surface area contributed by atoms with E-state index in [1.807, 2.05) is 0 Å². The van der Waals surface area contributed by atoms with Gasteiger partial charge in [-0.3, -0.25) is 9.59 Å². The van der Waals surface area contributed by atoms with Gasteiger partial charge in [0.25, 0.3) is 0 Å². The molecule has 2 heterocycles. The Hall–Kier alpha value is -1.42. The maximum atomic E-state index is 12.1. The Kier molecular flexibility index (Phi) is 13.5. The molecule has 0 aromatic rings. The zero-order valence-corrected chi connectivity index (χ0v) is 21.2. The summed E-state index contributed by atoms with van der Waals surface area (Å²) in [5.41, 5.74) is 0. The summed E-state index contributed by atoms with van der Waals surface area (Å²) in [4.78, 5) is 23.6. The Bertz CT molecular complexity index is 670. The number of aliphatic hydroxyl groups is 4. The van der Waals surface area contributed by atoms with Crippen molar-refractivity contribution in [3.63, 3.8) is 0 Å². The highest BCUT2D eigenvalue weighted by atomic mass is 16.7. The molecule has 210 valence electrons. The van der Waals surface area contributed by atoms with E-state index in [2.05, 4.69) is 10.6 Å². The molecule has 9 atom stereocenters. The van der Waals surface area contributed by atoms with E-state index in [-0.39, 0.29) is 37.4 Å². The van der Waals surface area contributed by atoms with Gasteiger partial charge in [-0.1, -0.05) is 0 Å². The van der Waals surface area contributed by atoms with Crippen LogP contribution in [0.15, 0.2) is 0 Å². The smallest absolute Gasteiger partial charge is 0.219 e. The predicted octanol–water partition coefficient (Wildman–Crippen LogP) is -2.20. The molecule has 13 nitrogen and oxygen atoms in total. The van der Waals surface area contributed by atoms with Crippen molar-refractivity contribution in [1.29, 1.82) is 0 Å². The monoisotopic (exact) mass is 522 g/mol. The molecule has 2 fully saturated rings. The van der Waals surface area contributed by atoms with Gasteiger partial charge in [-0.2, -0.15) is 0 Å². The molecule has 13 heteroatoms. The molecule has 2 aliphatic rings. The molecular formula is C23H42N2O11. The number of ether oxygens (including phenoxy) is 5. The van der Waals surface area contributed by atoms with Crippen LogP contribution in [0.2, 0.25) is 0 Å². The first-order valence-electron chi connectivity index (χ1n) is 12.4. The third-order valence-electron chi connectivity index (χ3n) is 6.45. The average Bonchev–Trinajstić information content (AvgIpc) is 3.21. The fraction of sp³-hybridized carbons (Fsp3) is 0.913. The number of nitrogens with one attached hydrogen (secondary N) is 2. The fourth-order valence-corrected chi connectivity index (χ4v) is 4.57. The lowest BCUT2D eigenvalue weighted by Crippen LogP contribution is -2.64. The van der Waals surface area contributed by atoms with Gasteiger partial charge >= 0.3 is 0 Å². The number of unbranched alkanes of at least 4 members (excludes halogenated alkanes) is 1. The van der Waals surface area contributed by atoms with Gasteiger partial charge in [0.05, 0.1) is 19.3 Å². The highest BCUT2D eigenvalue weighted by Crippen LogP contribution is 2.28. The van der Waals surface area contributed by atoms with Crippen molar-refractivity contribution in [2.75, 3.05) is 40.6 Å². The number of amides is 2. The SMILES string of the molecule is CO[C@@H]1[C@H](OC)[C@@H](CO)O[C@H]1CCCNC(=O)CCCCOC1OC(CO)C(O)C(O)C1NC(C)=O. The molecule has 36 heavy (non-hydrogen) atoms. The fourth-order valence-electron chi connectivity index (χ4n) is 4.57. The number of methoxy groups -OCH3 is 2. The lowest BCUT2D eigenvalue weighted by molar-refractivity contribution is -0.270. The normalized spacial score (nSPS) is 34.5. The predicted molar refractivity (Wildman–Crippen MR) is 125 cm³/mol. The molecule has 0 aromatic carbocycles. The highest BCUT2D eigenvalue weighted by Gasteiger charge is 2.46. The summed E-state index contributed by atoms with van der Waals surface area (Å²) in [7, 11) is 3.13. The molecule has 2 saturated heterocycles. The van der Waals surface area contributed by atoms with Crippen LogP contribution in [-0.2, 0) is 33.3 Å². The van der Waals surface area contributed by atoms with Gasteiger partial charge in [0.15, 0.2) is 6.29 Å². The molecule has 2 rings (SSSR count). The van der Waals surface area contributed by atoms with Crippen LogP contribution in [0.1, 0.15) is 39.0 Å². The van der Waals surface area contributed by atoms with Crippen molar-refractivity contribution in [3.8, 4) is 0 Å². The Morgan fingerprint density at radius 3 is 2.17 bits per heavy atom. The summed E-state index contributed by atoms with van der Waals surface area (Å²) >= 11 is 0. The van der Waals surface area contributed by atoms with E-state index >= 15 is 0 Å². The molecule has 6 N–H and O–H groups in total. The van der Waals surface area contributed by atoms with Crippen LogP contribution in [0.3, 0.4) is 0 Å². The van der Waals surface area contributed by atoms with E-state index in [1.54, 1.807) is 14.2 Å². The van der Waals surface area contributed by atoms with Crippen LogP contribution < -0.4 is 10.6 Å². The topological polar surface area (TPSA) is 185 Å². The number of carbonyl (C=O) groups is 2. The van der Waals surface area contributed by atoms with Crippen LogP contribution in [-0.4, -0.2) is 128 Å². The molecule has 0 spiro atoms. The van der Waals surface area contributed by atoms with E-state index in [0.717, 1.165) is 0 Å². The lowest BCUT2D eigenvalue weighted by atomic mass is 9.97. The molecular weight excluding hydrogens is 480 g/mol. The van der Waals surface area contributed by atoms with Crippen LogP contribution in [0.5, 0.6) is 0 Å². The van der Waals surface area contributed by atoms with Gasteiger partial charge < -0.3 is 54.7 Å². The maximum absolute atomic E-state index is 12.1. The Morgan fingerprint density at radius 2 is 1.56 bits per heavy atom. The van der Waals surface area contributed by atoms with E-state index in [9.17, 15) is 30.0 Å². The zero-order valence-electron chi connectivity index (χ0n) is 21.2. The first kappa shape index (κ1) is 30.8. The quantitative estimate of drug-likeness (QED) is 0.128. The summed E-state index contributed by atoms with van der Waals surface area (Å²) in [6, 6.07) is -0.989. The van der Waals surface area contributed by atoms with Crippen molar-refractivity contribution in [1.82, 2.24) is 10.6 Å². The Labute approximate surface area is 211 Å². The van der Waals surface area contributed by atoms with E-state index < -0.39 is 49.3 Å². The standard InChI is InChI=1S/C23H42N2O11/c1-13(28)25-18-20(31)19(30)15(11-26)36-23(18)34-10-5-4-8-17(29)24-9-6-7-14-21(32-2)22(33-3)16(12-27)35-14/h14-16,18-23,26-27,30-31H,4-12H2,1-3H3,(H,24,29)(H,25,28)/t14-,15?,16+,18?,19?,20?,21-,22+,23?/m0/s1. The second-order valence-corrected chi connectivity index (χ2v) is 9.05. The third kappa shape index (κ3) is 8.57. The van der Waals surface area contributed by atoms with Crippen LogP contribution in [0.25, 0.3) is 0 Å². The van der Waals surface area contributed by atoms with Gasteiger partial charge in [-0.05, 0) is 25.7 Å². The Morgan fingerprint density at radius 1 is 0.889 bits per heavy atom. The van der Waals surface area contributed by atoms with Gasteiger partial charge in [0.2, 0.25) is 11.8 Å². The molecule has 0 radical (unpaired) electrons. The number of hydrogen-bond donors (Lipinski definition) is 6. The zero-order chi connectivity index (χ0) is 26.7. The van der Waals surface area contributed by atoms with Crippen molar-refractivity contribution < 1.29 is 53.7 Å². The lowest BCUT2D eigenvalue weighted by Gasteiger charge is -2.42. The molecule has 0 saturated carbocycles. The van der Waals surface area contributed by atoms with E-state index in [1.165, 1.54) is 6.92 Å². The second-order valence-electron chi connectivity index (χ2n) is 9.05. The number of rotatable bonds is 15. The highest BCUT2D eigenvalue weighted by molar-refractivity contribution is 5.75. The molecule has 0 aromatic heterocycles. The minimum atomic E-state index is -1.37. The van der Waals surface area contributed by atoms with Crippen molar-refractivity contribution >= 4 is 11.8 Å². The number of aliphatic hydroxyl groups excluding tert-OH is 4.